The number of hydrogen-bond donors (Lipinski definition) is 2. The molecule has 2 unspecified atom stereocenters. The number of carbonyl (C=O) groups excluding carboxylic acids is 3. The number of alkyl carbamates (subject to hydrolysis) is 1. The van der Waals surface area contributed by atoms with Gasteiger partial charge in [0.15, 0.2) is 0 Å². The molecule has 0 fully saturated rings. The minimum absolute atomic E-state index is 0.354. The van der Waals surface area contributed by atoms with Crippen LogP contribution >= 0.6 is 23.4 Å². The van der Waals surface area contributed by atoms with Gasteiger partial charge in [-0.25, -0.2) is 4.79 Å². The smallest absolute Gasteiger partial charge is 0.408 e. The lowest BCUT2D eigenvalue weighted by molar-refractivity contribution is -0.147. The third-order valence-electron chi connectivity index (χ3n) is 7.05. The third-order valence-corrected chi connectivity index (χ3v) is 8.01. The van der Waals surface area contributed by atoms with Crippen LogP contribution in [0.1, 0.15) is 82.7 Å². The van der Waals surface area contributed by atoms with Gasteiger partial charge < -0.3 is 20.3 Å². The van der Waals surface area contributed by atoms with Crippen molar-refractivity contribution in [3.05, 3.63) is 63.7 Å². The molecule has 0 bridgehead atoms. The van der Waals surface area contributed by atoms with Crippen molar-refractivity contribution >= 4 is 47.0 Å². The predicted octanol–water partition coefficient (Wildman–Crippen LogP) is 7.61. The van der Waals surface area contributed by atoms with Gasteiger partial charge in [-0.3, -0.25) is 9.59 Å². The number of ether oxygens (including phenoxy) is 1. The second kappa shape index (κ2) is 14.5. The minimum Gasteiger partial charge on any atom is -0.444 e. The molecule has 2 rings (SSSR count). The Balaban J connectivity index is 2.71. The molecule has 0 aliphatic carbocycles. The van der Waals surface area contributed by atoms with Gasteiger partial charge in [0.05, 0.1) is 10.7 Å². The van der Waals surface area contributed by atoms with Crippen molar-refractivity contribution in [2.24, 2.45) is 0 Å². The zero-order chi connectivity index (χ0) is 31.1. The number of hydrogen-bond acceptors (Lipinski definition) is 5. The maximum Gasteiger partial charge on any atom is 0.408 e. The third kappa shape index (κ3) is 9.40. The Labute approximate surface area is 255 Å². The summed E-state index contributed by atoms with van der Waals surface area (Å²) in [5.74, 6) is -0.108. The van der Waals surface area contributed by atoms with Gasteiger partial charge in [-0.2, -0.15) is 11.8 Å². The molecule has 0 aliphatic heterocycles. The van der Waals surface area contributed by atoms with Gasteiger partial charge in [0.1, 0.15) is 17.7 Å². The molecule has 2 aromatic carbocycles. The van der Waals surface area contributed by atoms with Crippen LogP contribution in [0.15, 0.2) is 36.4 Å². The SMILES string of the molecule is CCC(C)(C)N(C(=O)C(CCSC)NC(=O)OC(C)(C)C)C(C(=O)Nc1c(C)cccc1Cl)c1ccc(C)cc1C. The summed E-state index contributed by atoms with van der Waals surface area (Å²) in [6.45, 7) is 17.0. The average molecular weight is 604 g/mol. The highest BCUT2D eigenvalue weighted by Gasteiger charge is 2.43. The molecule has 9 heteroatoms. The molecule has 0 heterocycles. The van der Waals surface area contributed by atoms with E-state index >= 15 is 0 Å². The molecule has 2 atom stereocenters. The molecular formula is C32H46ClN3O4S. The van der Waals surface area contributed by atoms with E-state index in [1.165, 1.54) is 0 Å². The maximum atomic E-state index is 14.6. The number of amides is 3. The van der Waals surface area contributed by atoms with Crippen molar-refractivity contribution in [3.63, 3.8) is 0 Å². The molecule has 0 spiro atoms. The van der Waals surface area contributed by atoms with Crippen LogP contribution < -0.4 is 10.6 Å². The normalized spacial score (nSPS) is 13.2. The van der Waals surface area contributed by atoms with Gasteiger partial charge in [-0.05, 0) is 103 Å². The highest BCUT2D eigenvalue weighted by atomic mass is 35.5. The Bertz CT molecular complexity index is 1220. The van der Waals surface area contributed by atoms with Crippen molar-refractivity contribution < 1.29 is 19.1 Å². The van der Waals surface area contributed by atoms with Crippen LogP contribution in [0.5, 0.6) is 0 Å². The molecule has 41 heavy (non-hydrogen) atoms. The van der Waals surface area contributed by atoms with E-state index in [2.05, 4.69) is 10.6 Å². The first-order chi connectivity index (χ1) is 19.0. The Kier molecular flexibility index (Phi) is 12.2. The summed E-state index contributed by atoms with van der Waals surface area (Å²) < 4.78 is 5.50. The molecule has 2 aromatic rings. The van der Waals surface area contributed by atoms with Crippen LogP contribution in [0.3, 0.4) is 0 Å². The maximum absolute atomic E-state index is 14.6. The van der Waals surface area contributed by atoms with Gasteiger partial charge >= 0.3 is 6.09 Å². The molecular weight excluding hydrogens is 558 g/mol. The number of nitrogens with zero attached hydrogens (tertiary/aromatic N) is 1. The molecule has 0 radical (unpaired) electrons. The first kappa shape index (κ1) is 34.5. The lowest BCUT2D eigenvalue weighted by Gasteiger charge is -2.45. The van der Waals surface area contributed by atoms with Crippen molar-refractivity contribution in [1.82, 2.24) is 10.2 Å². The first-order valence-corrected chi connectivity index (χ1v) is 15.7. The van der Waals surface area contributed by atoms with Gasteiger partial charge in [0.2, 0.25) is 5.91 Å². The van der Waals surface area contributed by atoms with Crippen LogP contribution in [0.25, 0.3) is 0 Å². The first-order valence-electron chi connectivity index (χ1n) is 14.0. The van der Waals surface area contributed by atoms with Gasteiger partial charge in [-0.1, -0.05) is 54.4 Å². The fourth-order valence-electron chi connectivity index (χ4n) is 4.57. The Morgan fingerprint density at radius 1 is 1.02 bits per heavy atom. The van der Waals surface area contributed by atoms with Crippen LogP contribution in [0.2, 0.25) is 5.02 Å². The van der Waals surface area contributed by atoms with Crippen LogP contribution in [-0.2, 0) is 14.3 Å². The van der Waals surface area contributed by atoms with Crippen LogP contribution in [0, 0.1) is 20.8 Å². The highest BCUT2D eigenvalue weighted by molar-refractivity contribution is 7.98. The summed E-state index contributed by atoms with van der Waals surface area (Å²) in [5.41, 5.74) is 2.46. The van der Waals surface area contributed by atoms with Gasteiger partial charge in [0.25, 0.3) is 5.91 Å². The summed E-state index contributed by atoms with van der Waals surface area (Å²) in [6, 6.07) is 9.37. The van der Waals surface area contributed by atoms with E-state index < -0.39 is 29.3 Å². The Morgan fingerprint density at radius 3 is 2.22 bits per heavy atom. The van der Waals surface area contributed by atoms with E-state index in [9.17, 15) is 14.4 Å². The highest BCUT2D eigenvalue weighted by Crippen LogP contribution is 2.36. The molecule has 3 amide bonds. The summed E-state index contributed by atoms with van der Waals surface area (Å²) in [5, 5.41) is 6.24. The molecule has 226 valence electrons. The zero-order valence-electron chi connectivity index (χ0n) is 26.1. The number of aryl methyl sites for hydroxylation is 3. The molecule has 0 saturated heterocycles. The standard InChI is InChI=1S/C32H46ClN3O4S/c1-11-32(8,9)36(29(38)25(17-18-41-10)34-30(39)40-31(5,6)7)27(23-16-15-20(2)19-22(23)4)28(37)35-26-21(3)13-12-14-24(26)33/h12-16,19,25,27H,11,17-18H2,1-10H3,(H,34,39)(H,35,37). The summed E-state index contributed by atoms with van der Waals surface area (Å²) in [7, 11) is 0. The number of halogens is 1. The quantitative estimate of drug-likeness (QED) is 0.276. The number of rotatable bonds is 11. The largest absolute Gasteiger partial charge is 0.444 e. The van der Waals surface area contributed by atoms with Crippen LogP contribution in [-0.4, -0.2) is 52.0 Å². The molecule has 0 aliphatic rings. The summed E-state index contributed by atoms with van der Waals surface area (Å²) in [4.78, 5) is 43.4. The molecule has 2 N–H and O–H groups in total. The summed E-state index contributed by atoms with van der Waals surface area (Å²) in [6.07, 6.45) is 2.21. The van der Waals surface area contributed by atoms with E-state index in [4.69, 9.17) is 16.3 Å². The van der Waals surface area contributed by atoms with E-state index in [0.717, 1.165) is 16.7 Å². The van der Waals surface area contributed by atoms with E-state index in [1.807, 2.05) is 78.1 Å². The van der Waals surface area contributed by atoms with Crippen molar-refractivity contribution in [2.75, 3.05) is 17.3 Å². The number of benzene rings is 2. The van der Waals surface area contributed by atoms with E-state index in [-0.39, 0.29) is 11.8 Å². The minimum atomic E-state index is -0.995. The number of nitrogens with one attached hydrogen (secondary N) is 2. The molecule has 7 nitrogen and oxygen atoms in total. The molecule has 0 aromatic heterocycles. The fraction of sp³-hybridized carbons (Fsp3) is 0.531. The predicted molar refractivity (Wildman–Crippen MR) is 171 cm³/mol. The zero-order valence-corrected chi connectivity index (χ0v) is 27.7. The lowest BCUT2D eigenvalue weighted by atomic mass is 9.89. The number of anilines is 1. The lowest BCUT2D eigenvalue weighted by Crippen LogP contribution is -2.59. The fourth-order valence-corrected chi connectivity index (χ4v) is 5.31. The van der Waals surface area contributed by atoms with Gasteiger partial charge in [0, 0.05) is 5.54 Å². The topological polar surface area (TPSA) is 87.7 Å². The van der Waals surface area contributed by atoms with Crippen molar-refractivity contribution in [2.45, 2.75) is 98.4 Å². The second-order valence-corrected chi connectivity index (χ2v) is 13.4. The molecule has 0 saturated carbocycles. The number of para-hydroxylation sites is 1. The second-order valence-electron chi connectivity index (χ2n) is 12.0. The van der Waals surface area contributed by atoms with E-state index in [0.29, 0.717) is 34.9 Å². The number of thioether (sulfide) groups is 1. The average Bonchev–Trinajstić information content (AvgIpc) is 2.86. The van der Waals surface area contributed by atoms with E-state index in [1.54, 1.807) is 43.5 Å². The Morgan fingerprint density at radius 2 is 1.68 bits per heavy atom. The van der Waals surface area contributed by atoms with Crippen LogP contribution in [0.4, 0.5) is 10.5 Å². The van der Waals surface area contributed by atoms with Crippen molar-refractivity contribution in [3.8, 4) is 0 Å². The number of carbonyl (C=O) groups is 3. The summed E-state index contributed by atoms with van der Waals surface area (Å²) >= 11 is 8.07. The van der Waals surface area contributed by atoms with Gasteiger partial charge in [-0.15, -0.1) is 0 Å². The van der Waals surface area contributed by atoms with Crippen molar-refractivity contribution in [1.29, 1.82) is 0 Å². The Hall–Kier alpha value is -2.71. The monoisotopic (exact) mass is 603 g/mol.